The summed E-state index contributed by atoms with van der Waals surface area (Å²) < 4.78 is 5.99. The Labute approximate surface area is 198 Å². The van der Waals surface area contributed by atoms with Crippen molar-refractivity contribution in [3.63, 3.8) is 0 Å². The summed E-state index contributed by atoms with van der Waals surface area (Å²) in [4.78, 5) is 23.4. The van der Waals surface area contributed by atoms with E-state index in [0.717, 1.165) is 31.2 Å². The van der Waals surface area contributed by atoms with Crippen molar-refractivity contribution >= 4 is 23.3 Å². The number of nitro groups is 1. The van der Waals surface area contributed by atoms with E-state index in [-0.39, 0.29) is 28.7 Å². The van der Waals surface area contributed by atoms with E-state index < -0.39 is 10.8 Å². The molecule has 3 aromatic carbocycles. The van der Waals surface area contributed by atoms with Crippen molar-refractivity contribution < 1.29 is 14.5 Å². The van der Waals surface area contributed by atoms with Gasteiger partial charge in [-0.1, -0.05) is 72.6 Å². The lowest BCUT2D eigenvalue weighted by molar-refractivity contribution is -0.384. The molecule has 170 valence electrons. The highest BCUT2D eigenvalue weighted by Gasteiger charge is 2.32. The number of halogens is 1. The first-order chi connectivity index (χ1) is 15.9. The van der Waals surface area contributed by atoms with E-state index in [1.165, 1.54) is 29.3 Å². The summed E-state index contributed by atoms with van der Waals surface area (Å²) in [6.07, 6.45) is 3.70. The Balaban J connectivity index is 1.48. The van der Waals surface area contributed by atoms with E-state index in [1.54, 1.807) is 6.92 Å². The lowest BCUT2D eigenvalue weighted by Gasteiger charge is -2.32. The Morgan fingerprint density at radius 3 is 2.33 bits per heavy atom. The van der Waals surface area contributed by atoms with E-state index in [4.69, 9.17) is 16.3 Å². The monoisotopic (exact) mass is 463 g/mol. The molecule has 5 nitrogen and oxygen atoms in total. The molecule has 0 radical (unpaired) electrons. The molecule has 3 atom stereocenters. The zero-order valence-electron chi connectivity index (χ0n) is 18.4. The predicted molar refractivity (Wildman–Crippen MR) is 129 cm³/mol. The van der Waals surface area contributed by atoms with Gasteiger partial charge in [-0.25, -0.2) is 0 Å². The van der Waals surface area contributed by atoms with E-state index in [2.05, 4.69) is 36.4 Å². The summed E-state index contributed by atoms with van der Waals surface area (Å²) in [5, 5.41) is 11.2. The van der Waals surface area contributed by atoms with Crippen LogP contribution in [0.15, 0.2) is 72.8 Å². The lowest BCUT2D eigenvalue weighted by Crippen LogP contribution is -2.30. The van der Waals surface area contributed by atoms with Gasteiger partial charge in [0.25, 0.3) is 5.69 Å². The normalized spacial score (nSPS) is 19.0. The van der Waals surface area contributed by atoms with Gasteiger partial charge in [0.15, 0.2) is 0 Å². The number of ether oxygens (including phenoxy) is 1. The predicted octanol–water partition coefficient (Wildman–Crippen LogP) is 7.29. The molecule has 1 fully saturated rings. The third-order valence-corrected chi connectivity index (χ3v) is 6.76. The van der Waals surface area contributed by atoms with Crippen LogP contribution in [0.2, 0.25) is 5.02 Å². The van der Waals surface area contributed by atoms with Crippen LogP contribution in [0.1, 0.15) is 55.6 Å². The maximum absolute atomic E-state index is 13.0. The number of nitro benzene ring substituents is 1. The van der Waals surface area contributed by atoms with Gasteiger partial charge in [-0.15, -0.1) is 0 Å². The van der Waals surface area contributed by atoms with Crippen LogP contribution >= 0.6 is 11.6 Å². The number of hydrogen-bond donors (Lipinski definition) is 0. The molecule has 1 aliphatic rings. The maximum atomic E-state index is 13.0. The summed E-state index contributed by atoms with van der Waals surface area (Å²) in [6.45, 7) is 1.72. The first-order valence-corrected chi connectivity index (χ1v) is 11.6. The second kappa shape index (κ2) is 10.2. The Hall–Kier alpha value is -3.18. The molecule has 0 heterocycles. The van der Waals surface area contributed by atoms with E-state index in [9.17, 15) is 14.9 Å². The maximum Gasteiger partial charge on any atom is 0.313 e. The molecule has 0 N–H and O–H groups in total. The minimum absolute atomic E-state index is 0.101. The van der Waals surface area contributed by atoms with Crippen LogP contribution < -0.4 is 0 Å². The molecular weight excluding hydrogens is 438 g/mol. The van der Waals surface area contributed by atoms with E-state index in [0.29, 0.717) is 5.56 Å². The van der Waals surface area contributed by atoms with Crippen LogP contribution in [-0.2, 0) is 9.53 Å². The highest BCUT2D eigenvalue weighted by Crippen LogP contribution is 2.37. The first-order valence-electron chi connectivity index (χ1n) is 11.2. The van der Waals surface area contributed by atoms with Crippen LogP contribution in [0, 0.1) is 10.1 Å². The first kappa shape index (κ1) is 23.0. The quantitative estimate of drug-likeness (QED) is 0.218. The van der Waals surface area contributed by atoms with Gasteiger partial charge in [0.05, 0.1) is 15.9 Å². The highest BCUT2D eigenvalue weighted by atomic mass is 35.5. The molecule has 1 saturated carbocycles. The van der Waals surface area contributed by atoms with Gasteiger partial charge in [-0.2, -0.15) is 0 Å². The number of esters is 1. The average Bonchev–Trinajstić information content (AvgIpc) is 2.84. The summed E-state index contributed by atoms with van der Waals surface area (Å²) in [5.41, 5.74) is 3.94. The van der Waals surface area contributed by atoms with Crippen LogP contribution in [-0.4, -0.2) is 17.0 Å². The third-order valence-electron chi connectivity index (χ3n) is 6.43. The molecule has 6 heteroatoms. The van der Waals surface area contributed by atoms with Gasteiger partial charge >= 0.3 is 5.97 Å². The number of rotatable bonds is 6. The molecule has 4 rings (SSSR count). The van der Waals surface area contributed by atoms with Crippen LogP contribution in [0.25, 0.3) is 11.1 Å². The summed E-state index contributed by atoms with van der Waals surface area (Å²) in [5.74, 6) is -0.822. The van der Waals surface area contributed by atoms with Crippen LogP contribution in [0.4, 0.5) is 5.69 Å². The minimum atomic E-state index is -0.610. The van der Waals surface area contributed by atoms with Crippen LogP contribution in [0.3, 0.4) is 0 Å². The van der Waals surface area contributed by atoms with Crippen molar-refractivity contribution in [1.82, 2.24) is 0 Å². The molecule has 0 bridgehead atoms. The minimum Gasteiger partial charge on any atom is -0.461 e. The summed E-state index contributed by atoms with van der Waals surface area (Å²) in [7, 11) is 0. The molecule has 0 aromatic heterocycles. The largest absolute Gasteiger partial charge is 0.461 e. The van der Waals surface area contributed by atoms with Crippen molar-refractivity contribution in [3.05, 3.63) is 99.1 Å². The number of nitrogens with zero attached hydrogens (tertiary/aromatic N) is 1. The van der Waals surface area contributed by atoms with Crippen molar-refractivity contribution in [2.45, 2.75) is 50.5 Å². The van der Waals surface area contributed by atoms with Crippen LogP contribution in [0.5, 0.6) is 0 Å². The Bertz CT molecular complexity index is 1130. The van der Waals surface area contributed by atoms with Gasteiger partial charge in [0, 0.05) is 18.1 Å². The molecule has 3 aromatic rings. The summed E-state index contributed by atoms with van der Waals surface area (Å²) >= 11 is 6.23. The molecule has 33 heavy (non-hydrogen) atoms. The number of non-ortho nitro benzene ring substituents is 1. The Morgan fingerprint density at radius 1 is 1.00 bits per heavy atom. The van der Waals surface area contributed by atoms with Crippen molar-refractivity contribution in [2.75, 3.05) is 0 Å². The fraction of sp³-hybridized carbons (Fsp3) is 0.296. The zero-order valence-corrected chi connectivity index (χ0v) is 19.2. The molecule has 1 aliphatic carbocycles. The van der Waals surface area contributed by atoms with Gasteiger partial charge in [0.1, 0.15) is 6.10 Å². The second-order valence-corrected chi connectivity index (χ2v) is 8.95. The van der Waals surface area contributed by atoms with Gasteiger partial charge in [0.2, 0.25) is 0 Å². The van der Waals surface area contributed by atoms with Crippen molar-refractivity contribution in [2.24, 2.45) is 0 Å². The van der Waals surface area contributed by atoms with Crippen molar-refractivity contribution in [3.8, 4) is 11.1 Å². The molecule has 0 spiro atoms. The van der Waals surface area contributed by atoms with Gasteiger partial charge < -0.3 is 4.74 Å². The Morgan fingerprint density at radius 2 is 1.67 bits per heavy atom. The Kier molecular flexibility index (Phi) is 7.09. The highest BCUT2D eigenvalue weighted by molar-refractivity contribution is 6.31. The standard InChI is InChI=1S/C27H26ClNO4/c1-18(23-16-15-22(29(31)32)17-25(23)28)27(30)33-26-10-6-5-9-24(26)21-13-11-20(12-14-21)19-7-3-2-4-8-19/h2-4,7-8,11-18,24,26H,5-6,9-10H2,1H3/t18-,24-,26+/m0/s1. The fourth-order valence-electron chi connectivity index (χ4n) is 4.53. The fourth-order valence-corrected chi connectivity index (χ4v) is 4.87. The third kappa shape index (κ3) is 5.25. The lowest BCUT2D eigenvalue weighted by atomic mass is 9.81. The zero-order chi connectivity index (χ0) is 23.4. The van der Waals surface area contributed by atoms with Gasteiger partial charge in [-0.05, 0) is 54.5 Å². The number of benzene rings is 3. The summed E-state index contributed by atoms with van der Waals surface area (Å²) in [6, 6.07) is 22.9. The number of carbonyl (C=O) groups excluding carboxylic acids is 1. The smallest absolute Gasteiger partial charge is 0.313 e. The number of carbonyl (C=O) groups is 1. The molecule has 0 aliphatic heterocycles. The SMILES string of the molecule is C[C@H](C(=O)O[C@@H]1CCCC[C@H]1c1ccc(-c2ccccc2)cc1)c1ccc([N+](=O)[O-])cc1Cl. The van der Waals surface area contributed by atoms with Gasteiger partial charge in [-0.3, -0.25) is 14.9 Å². The molecule has 0 saturated heterocycles. The molecular formula is C27H26ClNO4. The van der Waals surface area contributed by atoms with E-state index >= 15 is 0 Å². The molecule has 0 unspecified atom stereocenters. The van der Waals surface area contributed by atoms with Crippen molar-refractivity contribution in [1.29, 1.82) is 0 Å². The molecule has 0 amide bonds. The average molecular weight is 464 g/mol. The second-order valence-electron chi connectivity index (χ2n) is 8.54. The van der Waals surface area contributed by atoms with E-state index in [1.807, 2.05) is 18.2 Å². The number of hydrogen-bond acceptors (Lipinski definition) is 4. The topological polar surface area (TPSA) is 69.4 Å².